The molecule has 0 bridgehead atoms. The molecule has 0 fully saturated rings. The van der Waals surface area contributed by atoms with Crippen molar-refractivity contribution in [1.29, 1.82) is 0 Å². The quantitative estimate of drug-likeness (QED) is 0.461. The monoisotopic (exact) mass is 452 g/mol. The molecule has 0 atom stereocenters. The smallest absolute Gasteiger partial charge is 0.261 e. The van der Waals surface area contributed by atoms with E-state index in [4.69, 9.17) is 0 Å². The normalized spacial score (nSPS) is 10.9. The van der Waals surface area contributed by atoms with E-state index >= 15 is 0 Å². The molecular weight excluding hydrogens is 428 g/mol. The van der Waals surface area contributed by atoms with Gasteiger partial charge in [0.1, 0.15) is 0 Å². The lowest BCUT2D eigenvalue weighted by molar-refractivity contribution is -0.121. The molecule has 3 rings (SSSR count). The van der Waals surface area contributed by atoms with Gasteiger partial charge in [0.05, 0.1) is 4.90 Å². The number of aromatic nitrogens is 1. The number of amides is 2. The van der Waals surface area contributed by atoms with Crippen LogP contribution in [0.15, 0.2) is 78.0 Å². The standard InChI is InChI=1S/C23H24N4O4S/c1-17-4-2-6-20(14-17)27-32(30,31)21-7-3-5-19(15-21)23(29)25-13-10-22(28)26-16-18-8-11-24-12-9-18/h2-9,11-12,14-15,27H,10,13,16H2,1H3,(H,25,29)(H,26,28). The van der Waals surface area contributed by atoms with E-state index < -0.39 is 15.9 Å². The average Bonchev–Trinajstić information content (AvgIpc) is 2.78. The highest BCUT2D eigenvalue weighted by Gasteiger charge is 2.17. The number of rotatable bonds is 9. The second-order valence-corrected chi connectivity index (χ2v) is 8.82. The van der Waals surface area contributed by atoms with Gasteiger partial charge in [-0.1, -0.05) is 18.2 Å². The molecule has 2 amide bonds. The fraction of sp³-hybridized carbons (Fsp3) is 0.174. The molecule has 3 aromatic rings. The molecule has 3 N–H and O–H groups in total. The minimum atomic E-state index is -3.85. The number of aryl methyl sites for hydroxylation is 1. The largest absolute Gasteiger partial charge is 0.352 e. The zero-order chi connectivity index (χ0) is 23.0. The molecule has 32 heavy (non-hydrogen) atoms. The summed E-state index contributed by atoms with van der Waals surface area (Å²) < 4.78 is 27.9. The van der Waals surface area contributed by atoms with Crippen LogP contribution >= 0.6 is 0 Å². The van der Waals surface area contributed by atoms with E-state index in [9.17, 15) is 18.0 Å². The Balaban J connectivity index is 1.53. The van der Waals surface area contributed by atoms with Gasteiger partial charge >= 0.3 is 0 Å². The number of sulfonamides is 1. The van der Waals surface area contributed by atoms with Crippen molar-refractivity contribution in [2.75, 3.05) is 11.3 Å². The summed E-state index contributed by atoms with van der Waals surface area (Å²) in [6.07, 6.45) is 3.39. The van der Waals surface area contributed by atoms with Gasteiger partial charge in [0.15, 0.2) is 0 Å². The first-order valence-electron chi connectivity index (χ1n) is 9.97. The highest BCUT2D eigenvalue weighted by molar-refractivity contribution is 7.92. The Labute approximate surface area is 187 Å². The number of anilines is 1. The van der Waals surface area contributed by atoms with E-state index in [1.807, 2.05) is 13.0 Å². The number of hydrogen-bond donors (Lipinski definition) is 3. The lowest BCUT2D eigenvalue weighted by Crippen LogP contribution is -2.30. The molecule has 0 unspecified atom stereocenters. The van der Waals surface area contributed by atoms with Gasteiger partial charge in [-0.05, 0) is 60.5 Å². The van der Waals surface area contributed by atoms with Crippen molar-refractivity contribution >= 4 is 27.5 Å². The van der Waals surface area contributed by atoms with Gasteiger partial charge in [0.25, 0.3) is 15.9 Å². The lowest BCUT2D eigenvalue weighted by atomic mass is 10.2. The van der Waals surface area contributed by atoms with E-state index in [0.717, 1.165) is 11.1 Å². The Morgan fingerprint density at radius 3 is 2.44 bits per heavy atom. The molecule has 1 aromatic heterocycles. The van der Waals surface area contributed by atoms with Crippen LogP contribution in [0.25, 0.3) is 0 Å². The first-order valence-corrected chi connectivity index (χ1v) is 11.5. The minimum absolute atomic E-state index is 0.0262. The molecule has 0 aliphatic heterocycles. The maximum atomic E-state index is 12.7. The molecule has 0 aliphatic rings. The van der Waals surface area contributed by atoms with Crippen LogP contribution in [0, 0.1) is 6.92 Å². The molecule has 1 heterocycles. The Morgan fingerprint density at radius 1 is 0.938 bits per heavy atom. The van der Waals surface area contributed by atoms with Crippen LogP contribution in [0.1, 0.15) is 27.9 Å². The minimum Gasteiger partial charge on any atom is -0.352 e. The lowest BCUT2D eigenvalue weighted by Gasteiger charge is -2.10. The summed E-state index contributed by atoms with van der Waals surface area (Å²) in [6.45, 7) is 2.37. The van der Waals surface area contributed by atoms with Gasteiger partial charge in [-0.25, -0.2) is 8.42 Å². The molecule has 9 heteroatoms. The van der Waals surface area contributed by atoms with Gasteiger partial charge in [-0.15, -0.1) is 0 Å². The van der Waals surface area contributed by atoms with Gasteiger partial charge in [0, 0.05) is 43.2 Å². The van der Waals surface area contributed by atoms with E-state index in [0.29, 0.717) is 12.2 Å². The average molecular weight is 453 g/mol. The Morgan fingerprint density at radius 2 is 1.69 bits per heavy atom. The molecular formula is C23H24N4O4S. The van der Waals surface area contributed by atoms with Crippen molar-refractivity contribution in [2.24, 2.45) is 0 Å². The van der Waals surface area contributed by atoms with Crippen LogP contribution in [0.5, 0.6) is 0 Å². The first kappa shape index (κ1) is 23.0. The third-order valence-corrected chi connectivity index (χ3v) is 5.93. The number of benzene rings is 2. The van der Waals surface area contributed by atoms with E-state index in [1.165, 1.54) is 24.3 Å². The van der Waals surface area contributed by atoms with Crippen molar-refractivity contribution in [3.05, 3.63) is 89.7 Å². The Hall–Kier alpha value is -3.72. The molecule has 8 nitrogen and oxygen atoms in total. The van der Waals surface area contributed by atoms with E-state index in [-0.39, 0.29) is 29.3 Å². The van der Waals surface area contributed by atoms with Gasteiger partial charge < -0.3 is 10.6 Å². The molecule has 166 valence electrons. The van der Waals surface area contributed by atoms with Crippen LogP contribution in [0.4, 0.5) is 5.69 Å². The predicted molar refractivity (Wildman–Crippen MR) is 121 cm³/mol. The number of pyridine rings is 1. The molecule has 0 aliphatic carbocycles. The third-order valence-electron chi connectivity index (χ3n) is 4.55. The molecule has 2 aromatic carbocycles. The van der Waals surface area contributed by atoms with E-state index in [2.05, 4.69) is 20.3 Å². The van der Waals surface area contributed by atoms with Crippen molar-refractivity contribution in [2.45, 2.75) is 24.8 Å². The van der Waals surface area contributed by atoms with Crippen molar-refractivity contribution in [1.82, 2.24) is 15.6 Å². The topological polar surface area (TPSA) is 117 Å². The van der Waals surface area contributed by atoms with Crippen molar-refractivity contribution in [3.63, 3.8) is 0 Å². The van der Waals surface area contributed by atoms with Gasteiger partial charge in [-0.2, -0.15) is 0 Å². The van der Waals surface area contributed by atoms with Crippen molar-refractivity contribution in [3.8, 4) is 0 Å². The summed E-state index contributed by atoms with van der Waals surface area (Å²) in [6, 6.07) is 16.3. The Bertz CT molecular complexity index is 1200. The molecule has 0 saturated heterocycles. The second-order valence-electron chi connectivity index (χ2n) is 7.14. The zero-order valence-corrected chi connectivity index (χ0v) is 18.4. The van der Waals surface area contributed by atoms with Crippen LogP contribution in [-0.4, -0.2) is 31.8 Å². The van der Waals surface area contributed by atoms with Crippen LogP contribution < -0.4 is 15.4 Å². The number of hydrogen-bond acceptors (Lipinski definition) is 5. The van der Waals surface area contributed by atoms with Crippen LogP contribution in [0.3, 0.4) is 0 Å². The highest BCUT2D eigenvalue weighted by Crippen LogP contribution is 2.18. The highest BCUT2D eigenvalue weighted by atomic mass is 32.2. The predicted octanol–water partition coefficient (Wildman–Crippen LogP) is 2.63. The zero-order valence-electron chi connectivity index (χ0n) is 17.5. The summed E-state index contributed by atoms with van der Waals surface area (Å²) in [4.78, 5) is 28.3. The van der Waals surface area contributed by atoms with Gasteiger partial charge in [0.2, 0.25) is 5.91 Å². The first-order chi connectivity index (χ1) is 15.3. The van der Waals surface area contributed by atoms with E-state index in [1.54, 1.807) is 42.7 Å². The molecule has 0 radical (unpaired) electrons. The summed E-state index contributed by atoms with van der Waals surface area (Å²) in [5.74, 6) is -0.666. The fourth-order valence-electron chi connectivity index (χ4n) is 2.91. The Kier molecular flexibility index (Phi) is 7.56. The summed E-state index contributed by atoms with van der Waals surface area (Å²) in [7, 11) is -3.85. The summed E-state index contributed by atoms with van der Waals surface area (Å²) >= 11 is 0. The summed E-state index contributed by atoms with van der Waals surface area (Å²) in [5, 5.41) is 5.40. The third kappa shape index (κ3) is 6.64. The number of carbonyl (C=O) groups excluding carboxylic acids is 2. The maximum Gasteiger partial charge on any atom is 0.261 e. The van der Waals surface area contributed by atoms with Crippen LogP contribution in [0.2, 0.25) is 0 Å². The van der Waals surface area contributed by atoms with Crippen molar-refractivity contribution < 1.29 is 18.0 Å². The fourth-order valence-corrected chi connectivity index (χ4v) is 4.00. The summed E-state index contributed by atoms with van der Waals surface area (Å²) in [5.41, 5.74) is 2.48. The second kappa shape index (κ2) is 10.5. The molecule has 0 spiro atoms. The maximum absolute atomic E-state index is 12.7. The number of carbonyl (C=O) groups is 2. The number of nitrogens with one attached hydrogen (secondary N) is 3. The van der Waals surface area contributed by atoms with Gasteiger partial charge in [-0.3, -0.25) is 19.3 Å². The molecule has 0 saturated carbocycles. The van der Waals surface area contributed by atoms with Crippen LogP contribution in [-0.2, 0) is 21.4 Å². The SMILES string of the molecule is Cc1cccc(NS(=O)(=O)c2cccc(C(=O)NCCC(=O)NCc3ccncc3)c2)c1. The number of nitrogens with zero attached hydrogens (tertiary/aromatic N) is 1.